The average molecular weight is 270 g/mol. The predicted octanol–water partition coefficient (Wildman–Crippen LogP) is 3.01. The number of hydrogen-bond acceptors (Lipinski definition) is 3. The van der Waals surface area contributed by atoms with E-state index in [4.69, 9.17) is 5.11 Å². The van der Waals surface area contributed by atoms with Crippen LogP contribution >= 0.6 is 11.6 Å². The fraction of sp³-hybridized carbons (Fsp3) is 0.538. The van der Waals surface area contributed by atoms with Gasteiger partial charge in [0.2, 0.25) is 0 Å². The minimum atomic E-state index is 0.669. The Hall–Kier alpha value is -1.13. The maximum atomic E-state index is 7.00. The van der Waals surface area contributed by atoms with E-state index in [2.05, 4.69) is 38.4 Å². The predicted molar refractivity (Wildman–Crippen MR) is 75.0 cm³/mol. The molecule has 2 aromatic heterocycles. The van der Waals surface area contributed by atoms with Crippen LogP contribution in [0.15, 0.2) is 24.8 Å². The lowest BCUT2D eigenvalue weighted by atomic mass is 10.2. The number of rotatable bonds is 1. The van der Waals surface area contributed by atoms with Gasteiger partial charge in [0.15, 0.2) is 0 Å². The Kier molecular flexibility index (Phi) is 6.68. The molecule has 0 bridgehead atoms. The molecule has 0 atom stereocenters. The number of nitrogens with zero attached hydrogens (tertiary/aromatic N) is 3. The molecule has 0 unspecified atom stereocenters. The first-order valence-corrected chi connectivity index (χ1v) is 6.80. The molecular formula is C13H20ClN3O. The van der Waals surface area contributed by atoms with Gasteiger partial charge < -0.3 is 9.67 Å². The quantitative estimate of drug-likeness (QED) is 0.810. The second-order valence-corrected chi connectivity index (χ2v) is 3.96. The minimum absolute atomic E-state index is 0.669. The highest BCUT2D eigenvalue weighted by atomic mass is 35.5. The fourth-order valence-corrected chi connectivity index (χ4v) is 2.38. The van der Waals surface area contributed by atoms with Crippen LogP contribution in [0.25, 0.3) is 11.0 Å². The second-order valence-electron chi connectivity index (χ2n) is 3.96. The highest BCUT2D eigenvalue weighted by molar-refractivity contribution is 6.15. The largest absolute Gasteiger partial charge is 0.400 e. The molecule has 0 amide bonds. The molecule has 100 valence electrons. The Morgan fingerprint density at radius 2 is 1.94 bits per heavy atom. The molecule has 0 aromatic carbocycles. The highest BCUT2D eigenvalue weighted by Crippen LogP contribution is 2.31. The van der Waals surface area contributed by atoms with E-state index in [1.165, 1.54) is 32.1 Å². The first-order chi connectivity index (χ1) is 8.95. The SMILES string of the molecule is CCl.CO.c1ncc2ccn(C3CCCC3)c2n1. The summed E-state index contributed by atoms with van der Waals surface area (Å²) >= 11 is 4.64. The molecule has 1 aliphatic rings. The third-order valence-electron chi connectivity index (χ3n) is 3.10. The zero-order valence-electron chi connectivity index (χ0n) is 10.9. The molecule has 0 spiro atoms. The van der Waals surface area contributed by atoms with Crippen molar-refractivity contribution >= 4 is 22.6 Å². The summed E-state index contributed by atoms with van der Waals surface area (Å²) in [5, 5.41) is 8.15. The van der Waals surface area contributed by atoms with Gasteiger partial charge in [-0.3, -0.25) is 0 Å². The van der Waals surface area contributed by atoms with Crippen LogP contribution in [-0.4, -0.2) is 33.1 Å². The smallest absolute Gasteiger partial charge is 0.143 e. The lowest BCUT2D eigenvalue weighted by Crippen LogP contribution is -2.03. The molecule has 1 saturated carbocycles. The van der Waals surface area contributed by atoms with Crippen molar-refractivity contribution < 1.29 is 5.11 Å². The molecule has 4 nitrogen and oxygen atoms in total. The summed E-state index contributed by atoms with van der Waals surface area (Å²) in [5.74, 6) is 0. The van der Waals surface area contributed by atoms with E-state index >= 15 is 0 Å². The number of aliphatic hydroxyl groups excluding tert-OH is 1. The van der Waals surface area contributed by atoms with E-state index in [0.717, 1.165) is 18.1 Å². The van der Waals surface area contributed by atoms with Crippen molar-refractivity contribution in [3.63, 3.8) is 0 Å². The highest BCUT2D eigenvalue weighted by Gasteiger charge is 2.18. The molecule has 0 radical (unpaired) electrons. The van der Waals surface area contributed by atoms with Crippen LogP contribution < -0.4 is 0 Å². The second kappa shape index (κ2) is 8.06. The van der Waals surface area contributed by atoms with E-state index in [-0.39, 0.29) is 0 Å². The summed E-state index contributed by atoms with van der Waals surface area (Å²) in [7, 11) is 1.00. The van der Waals surface area contributed by atoms with Gasteiger partial charge in [0.25, 0.3) is 0 Å². The van der Waals surface area contributed by atoms with Crippen LogP contribution in [0.4, 0.5) is 0 Å². The summed E-state index contributed by atoms with van der Waals surface area (Å²) in [6, 6.07) is 2.77. The van der Waals surface area contributed by atoms with Gasteiger partial charge in [0, 0.05) is 37.3 Å². The van der Waals surface area contributed by atoms with Gasteiger partial charge >= 0.3 is 0 Å². The van der Waals surface area contributed by atoms with Crippen LogP contribution in [0.1, 0.15) is 31.7 Å². The zero-order valence-corrected chi connectivity index (χ0v) is 11.6. The van der Waals surface area contributed by atoms with Crippen molar-refractivity contribution in [1.29, 1.82) is 0 Å². The molecule has 0 aliphatic heterocycles. The van der Waals surface area contributed by atoms with Gasteiger partial charge in [-0.05, 0) is 18.9 Å². The number of fused-ring (bicyclic) bond motifs is 1. The fourth-order valence-electron chi connectivity index (χ4n) is 2.38. The van der Waals surface area contributed by atoms with Crippen LogP contribution in [-0.2, 0) is 0 Å². The molecule has 3 rings (SSSR count). The third-order valence-corrected chi connectivity index (χ3v) is 3.10. The van der Waals surface area contributed by atoms with E-state index in [0.29, 0.717) is 6.04 Å². The number of aliphatic hydroxyl groups is 1. The molecule has 2 aromatic rings. The van der Waals surface area contributed by atoms with Crippen LogP contribution in [0.2, 0.25) is 0 Å². The molecule has 2 heterocycles. The lowest BCUT2D eigenvalue weighted by Gasteiger charge is -2.11. The Bertz CT molecular complexity index is 452. The topological polar surface area (TPSA) is 50.9 Å². The minimum Gasteiger partial charge on any atom is -0.400 e. The summed E-state index contributed by atoms with van der Waals surface area (Å²) in [6.07, 6.45) is 12.4. The molecular weight excluding hydrogens is 250 g/mol. The summed E-state index contributed by atoms with van der Waals surface area (Å²) in [6.45, 7) is 0. The van der Waals surface area contributed by atoms with Crippen molar-refractivity contribution in [3.8, 4) is 0 Å². The molecule has 1 aliphatic carbocycles. The Labute approximate surface area is 113 Å². The third kappa shape index (κ3) is 3.21. The number of halogens is 1. The van der Waals surface area contributed by atoms with Crippen LogP contribution in [0.5, 0.6) is 0 Å². The van der Waals surface area contributed by atoms with Gasteiger partial charge in [0.05, 0.1) is 0 Å². The summed E-state index contributed by atoms with van der Waals surface area (Å²) < 4.78 is 2.31. The van der Waals surface area contributed by atoms with E-state index in [1.807, 2.05) is 6.20 Å². The van der Waals surface area contributed by atoms with Crippen molar-refractivity contribution in [3.05, 3.63) is 24.8 Å². The van der Waals surface area contributed by atoms with Gasteiger partial charge in [-0.15, -0.1) is 11.6 Å². The van der Waals surface area contributed by atoms with Crippen molar-refractivity contribution in [2.24, 2.45) is 0 Å². The Balaban J connectivity index is 0.000000371. The van der Waals surface area contributed by atoms with Gasteiger partial charge in [-0.2, -0.15) is 0 Å². The molecule has 5 heteroatoms. The number of hydrogen-bond donors (Lipinski definition) is 1. The van der Waals surface area contributed by atoms with Gasteiger partial charge in [0.1, 0.15) is 12.0 Å². The average Bonchev–Trinajstić information content (AvgIpc) is 3.12. The van der Waals surface area contributed by atoms with Gasteiger partial charge in [-0.1, -0.05) is 12.8 Å². The maximum absolute atomic E-state index is 7.00. The lowest BCUT2D eigenvalue weighted by molar-refractivity contribution is 0.399. The molecule has 1 fully saturated rings. The van der Waals surface area contributed by atoms with Crippen LogP contribution in [0.3, 0.4) is 0 Å². The van der Waals surface area contributed by atoms with Crippen LogP contribution in [0, 0.1) is 0 Å². The first-order valence-electron chi connectivity index (χ1n) is 6.04. The first kappa shape index (κ1) is 14.9. The molecule has 18 heavy (non-hydrogen) atoms. The summed E-state index contributed by atoms with van der Waals surface area (Å²) in [4.78, 5) is 8.37. The molecule has 0 saturated heterocycles. The van der Waals surface area contributed by atoms with Gasteiger partial charge in [-0.25, -0.2) is 9.97 Å². The van der Waals surface area contributed by atoms with E-state index < -0.39 is 0 Å². The normalized spacial score (nSPS) is 14.7. The standard InChI is InChI=1S/C11H13N3.CH3Cl.CH4O/c1-2-4-10(3-1)14-6-5-9-7-12-8-13-11(9)14;2*1-2/h5-8,10H,1-4H2;1H3;2H,1H3. The van der Waals surface area contributed by atoms with Crippen molar-refractivity contribution in [2.45, 2.75) is 31.7 Å². The van der Waals surface area contributed by atoms with Crippen molar-refractivity contribution in [2.75, 3.05) is 13.5 Å². The Morgan fingerprint density at radius 1 is 1.28 bits per heavy atom. The molecule has 1 N–H and O–H groups in total. The zero-order chi connectivity index (χ0) is 13.4. The van der Waals surface area contributed by atoms with Crippen molar-refractivity contribution in [1.82, 2.24) is 14.5 Å². The maximum Gasteiger partial charge on any atom is 0.143 e. The van der Waals surface area contributed by atoms with E-state index in [1.54, 1.807) is 6.33 Å². The monoisotopic (exact) mass is 269 g/mol. The summed E-state index contributed by atoms with van der Waals surface area (Å²) in [5.41, 5.74) is 1.09. The number of alkyl halides is 1. The van der Waals surface area contributed by atoms with E-state index in [9.17, 15) is 0 Å². The number of aromatic nitrogens is 3. The Morgan fingerprint density at radius 3 is 2.61 bits per heavy atom.